The van der Waals surface area contributed by atoms with Crippen molar-refractivity contribution in [2.45, 2.75) is 39.4 Å². The first kappa shape index (κ1) is 19.2. The third-order valence-corrected chi connectivity index (χ3v) is 5.39. The highest BCUT2D eigenvalue weighted by molar-refractivity contribution is 7.11. The van der Waals surface area contributed by atoms with E-state index in [0.29, 0.717) is 6.04 Å². The van der Waals surface area contributed by atoms with Gasteiger partial charge in [0, 0.05) is 48.2 Å². The molecule has 0 bridgehead atoms. The second-order valence-corrected chi connectivity index (χ2v) is 8.03. The summed E-state index contributed by atoms with van der Waals surface area (Å²) in [6.07, 6.45) is 4.79. The van der Waals surface area contributed by atoms with E-state index in [4.69, 9.17) is 0 Å². The van der Waals surface area contributed by atoms with E-state index in [1.807, 2.05) is 41.5 Å². The van der Waals surface area contributed by atoms with E-state index >= 15 is 0 Å². The van der Waals surface area contributed by atoms with E-state index in [0.717, 1.165) is 25.5 Å². The van der Waals surface area contributed by atoms with Crippen molar-refractivity contribution in [2.75, 3.05) is 7.05 Å². The number of rotatable bonds is 7. The molecular weight excluding hydrogens is 354 g/mol. The van der Waals surface area contributed by atoms with Crippen LogP contribution < -0.4 is 10.6 Å². The first-order valence-electron chi connectivity index (χ1n) is 9.20. The van der Waals surface area contributed by atoms with E-state index in [-0.39, 0.29) is 0 Å². The van der Waals surface area contributed by atoms with Crippen molar-refractivity contribution in [3.8, 4) is 0 Å². The maximum Gasteiger partial charge on any atom is 0.191 e. The fraction of sp³-hybridized carbons (Fsp3) is 0.333. The molecule has 5 nitrogen and oxygen atoms in total. The molecule has 0 aliphatic carbocycles. The Morgan fingerprint density at radius 3 is 2.67 bits per heavy atom. The Labute approximate surface area is 165 Å². The summed E-state index contributed by atoms with van der Waals surface area (Å²) in [5.41, 5.74) is 2.50. The van der Waals surface area contributed by atoms with Crippen molar-refractivity contribution >= 4 is 17.3 Å². The van der Waals surface area contributed by atoms with Gasteiger partial charge in [0.25, 0.3) is 0 Å². The molecular formula is C21H27N5S. The van der Waals surface area contributed by atoms with Gasteiger partial charge in [-0.2, -0.15) is 5.10 Å². The van der Waals surface area contributed by atoms with Gasteiger partial charge in [-0.1, -0.05) is 24.3 Å². The third-order valence-electron chi connectivity index (χ3n) is 4.37. The average Bonchev–Trinajstić information content (AvgIpc) is 3.31. The van der Waals surface area contributed by atoms with E-state index < -0.39 is 0 Å². The molecule has 2 N–H and O–H groups in total. The molecule has 0 saturated carbocycles. The Hall–Kier alpha value is -2.60. The molecule has 3 rings (SSSR count). The van der Waals surface area contributed by atoms with Crippen LogP contribution in [0.15, 0.2) is 59.9 Å². The number of hydrogen-bond acceptors (Lipinski definition) is 3. The van der Waals surface area contributed by atoms with Crippen LogP contribution in [0.25, 0.3) is 0 Å². The van der Waals surface area contributed by atoms with Crippen LogP contribution >= 0.6 is 11.3 Å². The summed E-state index contributed by atoms with van der Waals surface area (Å²) in [6, 6.07) is 15.1. The Morgan fingerprint density at radius 2 is 2.00 bits per heavy atom. The van der Waals surface area contributed by atoms with Gasteiger partial charge in [-0.3, -0.25) is 9.67 Å². The van der Waals surface area contributed by atoms with Crippen LogP contribution in [0.3, 0.4) is 0 Å². The lowest BCUT2D eigenvalue weighted by atomic mass is 10.1. The first-order chi connectivity index (χ1) is 13.1. The Bertz CT molecular complexity index is 866. The van der Waals surface area contributed by atoms with Gasteiger partial charge in [0.1, 0.15) is 0 Å². The van der Waals surface area contributed by atoms with Crippen molar-refractivity contribution in [1.82, 2.24) is 20.4 Å². The summed E-state index contributed by atoms with van der Waals surface area (Å²) in [5.74, 6) is 0.824. The molecule has 142 valence electrons. The second-order valence-electron chi connectivity index (χ2n) is 6.66. The molecule has 1 unspecified atom stereocenters. The zero-order chi connectivity index (χ0) is 19.1. The van der Waals surface area contributed by atoms with Crippen molar-refractivity contribution < 1.29 is 0 Å². The SMILES string of the molecule is CN=C(NCc1ccccc1Cn1cccn1)NC(C)Cc1ccc(C)s1. The Balaban J connectivity index is 1.56. The van der Waals surface area contributed by atoms with Crippen LogP contribution in [0, 0.1) is 6.92 Å². The number of benzene rings is 1. The van der Waals surface area contributed by atoms with E-state index in [1.165, 1.54) is 20.9 Å². The summed E-state index contributed by atoms with van der Waals surface area (Å²) >= 11 is 1.86. The third kappa shape index (κ3) is 5.69. The fourth-order valence-corrected chi connectivity index (χ4v) is 4.03. The highest BCUT2D eigenvalue weighted by Gasteiger charge is 2.09. The van der Waals surface area contributed by atoms with Crippen LogP contribution in [-0.2, 0) is 19.5 Å². The molecule has 2 heterocycles. The topological polar surface area (TPSA) is 54.2 Å². The van der Waals surface area contributed by atoms with Gasteiger partial charge in [-0.25, -0.2) is 0 Å². The molecule has 3 aromatic rings. The number of hydrogen-bond donors (Lipinski definition) is 2. The molecule has 1 atom stereocenters. The fourth-order valence-electron chi connectivity index (χ4n) is 3.01. The number of aryl methyl sites for hydroxylation is 1. The molecule has 0 saturated heterocycles. The first-order valence-corrected chi connectivity index (χ1v) is 10.0. The van der Waals surface area contributed by atoms with E-state index in [1.54, 1.807) is 0 Å². The normalized spacial score (nSPS) is 12.8. The predicted octanol–water partition coefficient (Wildman–Crippen LogP) is 3.60. The van der Waals surface area contributed by atoms with E-state index in [9.17, 15) is 0 Å². The number of thiophene rings is 1. The average molecular weight is 382 g/mol. The Kier molecular flexibility index (Phi) is 6.65. The van der Waals surface area contributed by atoms with Crippen molar-refractivity contribution in [3.63, 3.8) is 0 Å². The molecule has 6 heteroatoms. The van der Waals surface area contributed by atoms with Crippen molar-refractivity contribution in [2.24, 2.45) is 4.99 Å². The maximum absolute atomic E-state index is 4.38. The van der Waals surface area contributed by atoms with Crippen LogP contribution in [0.1, 0.15) is 27.8 Å². The van der Waals surface area contributed by atoms with Crippen LogP contribution in [0.5, 0.6) is 0 Å². The standard InChI is InChI=1S/C21H27N5S/c1-16(13-20-10-9-17(2)27-20)25-21(22-3)23-14-18-7-4-5-8-19(18)15-26-12-6-11-24-26/h4-12,16H,13-15H2,1-3H3,(H2,22,23,25). The van der Waals surface area contributed by atoms with Crippen LogP contribution in [0.4, 0.5) is 0 Å². The lowest BCUT2D eigenvalue weighted by molar-refractivity contribution is 0.642. The van der Waals surface area contributed by atoms with Crippen molar-refractivity contribution in [1.29, 1.82) is 0 Å². The van der Waals surface area contributed by atoms with E-state index in [2.05, 4.69) is 71.0 Å². The molecule has 0 fully saturated rings. The van der Waals surface area contributed by atoms with Gasteiger partial charge in [0.15, 0.2) is 5.96 Å². The summed E-state index contributed by atoms with van der Waals surface area (Å²) in [4.78, 5) is 7.13. The van der Waals surface area contributed by atoms with Crippen LogP contribution in [0.2, 0.25) is 0 Å². The number of nitrogens with zero attached hydrogens (tertiary/aromatic N) is 3. The number of nitrogens with one attached hydrogen (secondary N) is 2. The van der Waals surface area contributed by atoms with Crippen LogP contribution in [-0.4, -0.2) is 28.8 Å². The smallest absolute Gasteiger partial charge is 0.191 e. The zero-order valence-corrected chi connectivity index (χ0v) is 17.0. The summed E-state index contributed by atoms with van der Waals surface area (Å²) in [5, 5.41) is 11.2. The van der Waals surface area contributed by atoms with Gasteiger partial charge in [0.2, 0.25) is 0 Å². The molecule has 27 heavy (non-hydrogen) atoms. The molecule has 0 amide bonds. The molecule has 0 aliphatic rings. The van der Waals surface area contributed by atoms with Gasteiger partial charge in [-0.15, -0.1) is 11.3 Å². The molecule has 1 aromatic carbocycles. The Morgan fingerprint density at radius 1 is 1.19 bits per heavy atom. The highest BCUT2D eigenvalue weighted by atomic mass is 32.1. The lowest BCUT2D eigenvalue weighted by Gasteiger charge is -2.18. The van der Waals surface area contributed by atoms with Crippen molar-refractivity contribution in [3.05, 3.63) is 75.7 Å². The van der Waals surface area contributed by atoms with Gasteiger partial charge < -0.3 is 10.6 Å². The zero-order valence-electron chi connectivity index (χ0n) is 16.1. The molecule has 2 aromatic heterocycles. The van der Waals surface area contributed by atoms with Gasteiger partial charge in [0.05, 0.1) is 6.54 Å². The summed E-state index contributed by atoms with van der Waals surface area (Å²) < 4.78 is 1.94. The number of aliphatic imine (C=N–C) groups is 1. The predicted molar refractivity (Wildman–Crippen MR) is 113 cm³/mol. The van der Waals surface area contributed by atoms with Gasteiger partial charge >= 0.3 is 0 Å². The minimum atomic E-state index is 0.313. The summed E-state index contributed by atoms with van der Waals surface area (Å²) in [7, 11) is 1.81. The highest BCUT2D eigenvalue weighted by Crippen LogP contribution is 2.16. The largest absolute Gasteiger partial charge is 0.354 e. The number of guanidine groups is 1. The molecule has 0 spiro atoms. The molecule has 0 radical (unpaired) electrons. The van der Waals surface area contributed by atoms with Gasteiger partial charge in [-0.05, 0) is 43.2 Å². The molecule has 0 aliphatic heterocycles. The summed E-state index contributed by atoms with van der Waals surface area (Å²) in [6.45, 7) is 5.83. The number of aromatic nitrogens is 2. The lowest BCUT2D eigenvalue weighted by Crippen LogP contribution is -2.42. The minimum absolute atomic E-state index is 0.313. The maximum atomic E-state index is 4.38. The quantitative estimate of drug-likeness (QED) is 0.486. The monoisotopic (exact) mass is 381 g/mol. The minimum Gasteiger partial charge on any atom is -0.354 e. The second kappa shape index (κ2) is 9.37.